The third kappa shape index (κ3) is 3.22. The number of carboxylic acid groups (broad SMARTS) is 1. The number of hydrogen-bond acceptors (Lipinski definition) is 1. The van der Waals surface area contributed by atoms with Crippen molar-refractivity contribution in [2.75, 3.05) is 0 Å². The fourth-order valence-corrected chi connectivity index (χ4v) is 3.04. The highest BCUT2D eigenvalue weighted by Crippen LogP contribution is 2.32. The maximum atomic E-state index is 11.0. The van der Waals surface area contributed by atoms with Crippen molar-refractivity contribution in [1.82, 2.24) is 4.57 Å². The maximum absolute atomic E-state index is 11.0. The predicted molar refractivity (Wildman–Crippen MR) is 96.9 cm³/mol. The molecule has 0 bridgehead atoms. The third-order valence-electron chi connectivity index (χ3n) is 4.04. The Hall–Kier alpha value is -2.52. The molecule has 0 saturated heterocycles. The van der Waals surface area contributed by atoms with Crippen molar-refractivity contribution in [3.8, 4) is 16.9 Å². The predicted octanol–water partition coefficient (Wildman–Crippen LogP) is 5.12. The van der Waals surface area contributed by atoms with Crippen LogP contribution in [0, 0.1) is 6.92 Å². The van der Waals surface area contributed by atoms with Crippen LogP contribution in [0.1, 0.15) is 17.7 Å². The summed E-state index contributed by atoms with van der Waals surface area (Å²) in [6, 6.07) is 19.9. The zero-order valence-electron chi connectivity index (χ0n) is 13.4. The molecule has 0 radical (unpaired) electrons. The molecule has 122 valence electrons. The summed E-state index contributed by atoms with van der Waals surface area (Å²) in [6.07, 6.45) is 0.536. The molecule has 0 amide bonds. The molecule has 0 spiro atoms. The minimum Gasteiger partial charge on any atom is -0.481 e. The standard InChI is InChI=1S/C20H18ClNO2/c1-14-6-5-9-18(20(14)21)22-16(11-13-19(23)24)10-12-17(22)15-7-3-2-4-8-15/h2-10,12H,11,13H2,1H3,(H,23,24). The molecule has 3 nitrogen and oxygen atoms in total. The number of benzene rings is 2. The highest BCUT2D eigenvalue weighted by atomic mass is 35.5. The van der Waals surface area contributed by atoms with Crippen LogP contribution in [-0.4, -0.2) is 15.6 Å². The van der Waals surface area contributed by atoms with Gasteiger partial charge < -0.3 is 9.67 Å². The summed E-state index contributed by atoms with van der Waals surface area (Å²) in [7, 11) is 0. The molecule has 1 N–H and O–H groups in total. The number of rotatable bonds is 5. The Kier molecular flexibility index (Phi) is 4.72. The van der Waals surface area contributed by atoms with Crippen LogP contribution >= 0.6 is 11.6 Å². The first kappa shape index (κ1) is 16.3. The molecular formula is C20H18ClNO2. The second-order valence-corrected chi connectivity index (χ2v) is 6.09. The molecule has 4 heteroatoms. The van der Waals surface area contributed by atoms with Gasteiger partial charge in [0, 0.05) is 5.69 Å². The third-order valence-corrected chi connectivity index (χ3v) is 4.53. The van der Waals surface area contributed by atoms with E-state index in [0.717, 1.165) is 28.2 Å². The summed E-state index contributed by atoms with van der Waals surface area (Å²) >= 11 is 6.54. The summed E-state index contributed by atoms with van der Waals surface area (Å²) in [4.78, 5) is 11.0. The number of nitrogens with zero attached hydrogens (tertiary/aromatic N) is 1. The van der Waals surface area contributed by atoms with Crippen molar-refractivity contribution in [3.63, 3.8) is 0 Å². The summed E-state index contributed by atoms with van der Waals surface area (Å²) < 4.78 is 2.06. The van der Waals surface area contributed by atoms with E-state index in [1.807, 2.05) is 67.6 Å². The van der Waals surface area contributed by atoms with Crippen molar-refractivity contribution in [2.45, 2.75) is 19.8 Å². The first-order chi connectivity index (χ1) is 11.6. The molecule has 3 aromatic rings. The zero-order chi connectivity index (χ0) is 17.1. The number of halogens is 1. The van der Waals surface area contributed by atoms with Crippen LogP contribution in [0.4, 0.5) is 0 Å². The molecule has 24 heavy (non-hydrogen) atoms. The molecule has 0 atom stereocenters. The lowest BCUT2D eigenvalue weighted by atomic mass is 10.1. The average molecular weight is 340 g/mol. The van der Waals surface area contributed by atoms with Gasteiger partial charge in [0.1, 0.15) is 0 Å². The lowest BCUT2D eigenvalue weighted by molar-refractivity contribution is -0.136. The van der Waals surface area contributed by atoms with E-state index in [0.29, 0.717) is 11.4 Å². The Labute approximate surface area is 146 Å². The van der Waals surface area contributed by atoms with E-state index >= 15 is 0 Å². The maximum Gasteiger partial charge on any atom is 0.303 e. The minimum absolute atomic E-state index is 0.0850. The molecule has 2 aromatic carbocycles. The molecule has 0 saturated carbocycles. The Morgan fingerprint density at radius 2 is 1.79 bits per heavy atom. The van der Waals surface area contributed by atoms with Gasteiger partial charge in [-0.15, -0.1) is 0 Å². The molecule has 1 aromatic heterocycles. The van der Waals surface area contributed by atoms with E-state index in [9.17, 15) is 4.79 Å². The molecule has 0 aliphatic rings. The van der Waals surface area contributed by atoms with E-state index in [4.69, 9.17) is 16.7 Å². The van der Waals surface area contributed by atoms with Crippen LogP contribution in [0.2, 0.25) is 5.02 Å². The van der Waals surface area contributed by atoms with Crippen LogP contribution in [0.3, 0.4) is 0 Å². The van der Waals surface area contributed by atoms with Crippen LogP contribution in [0.15, 0.2) is 60.7 Å². The highest BCUT2D eigenvalue weighted by Gasteiger charge is 2.15. The van der Waals surface area contributed by atoms with E-state index in [1.54, 1.807) is 0 Å². The molecule has 1 heterocycles. The quantitative estimate of drug-likeness (QED) is 0.700. The van der Waals surface area contributed by atoms with Gasteiger partial charge in [-0.05, 0) is 42.7 Å². The SMILES string of the molecule is Cc1cccc(-n2c(CCC(=O)O)ccc2-c2ccccc2)c1Cl. The first-order valence-electron chi connectivity index (χ1n) is 7.81. The minimum atomic E-state index is -0.806. The zero-order valence-corrected chi connectivity index (χ0v) is 14.1. The number of carboxylic acids is 1. The van der Waals surface area contributed by atoms with Crippen LogP contribution in [0.25, 0.3) is 16.9 Å². The summed E-state index contributed by atoms with van der Waals surface area (Å²) in [5.41, 5.74) is 4.87. The van der Waals surface area contributed by atoms with Crippen molar-refractivity contribution in [2.24, 2.45) is 0 Å². The van der Waals surface area contributed by atoms with Gasteiger partial charge in [0.25, 0.3) is 0 Å². The smallest absolute Gasteiger partial charge is 0.303 e. The number of aryl methyl sites for hydroxylation is 2. The lowest BCUT2D eigenvalue weighted by Gasteiger charge is -2.16. The van der Waals surface area contributed by atoms with Crippen molar-refractivity contribution in [3.05, 3.63) is 76.9 Å². The Morgan fingerprint density at radius 3 is 2.50 bits per heavy atom. The number of aliphatic carboxylic acids is 1. The molecular weight excluding hydrogens is 322 g/mol. The fourth-order valence-electron chi connectivity index (χ4n) is 2.83. The molecule has 3 rings (SSSR count). The van der Waals surface area contributed by atoms with Crippen LogP contribution in [-0.2, 0) is 11.2 Å². The number of carbonyl (C=O) groups is 1. The Balaban J connectivity index is 2.18. The number of hydrogen-bond donors (Lipinski definition) is 1. The largest absolute Gasteiger partial charge is 0.481 e. The summed E-state index contributed by atoms with van der Waals surface area (Å²) in [5.74, 6) is -0.806. The van der Waals surface area contributed by atoms with E-state index in [1.165, 1.54) is 0 Å². The molecule has 0 aliphatic carbocycles. The van der Waals surface area contributed by atoms with Gasteiger partial charge in [-0.2, -0.15) is 0 Å². The lowest BCUT2D eigenvalue weighted by Crippen LogP contribution is -2.06. The van der Waals surface area contributed by atoms with Gasteiger partial charge in [0.2, 0.25) is 0 Å². The van der Waals surface area contributed by atoms with Gasteiger partial charge in [0.15, 0.2) is 0 Å². The molecule has 0 unspecified atom stereocenters. The van der Waals surface area contributed by atoms with Crippen molar-refractivity contribution >= 4 is 17.6 Å². The van der Waals surface area contributed by atoms with Gasteiger partial charge in [-0.25, -0.2) is 0 Å². The van der Waals surface area contributed by atoms with Gasteiger partial charge >= 0.3 is 5.97 Å². The van der Waals surface area contributed by atoms with E-state index in [2.05, 4.69) is 4.57 Å². The highest BCUT2D eigenvalue weighted by molar-refractivity contribution is 6.33. The normalized spacial score (nSPS) is 10.8. The topological polar surface area (TPSA) is 42.2 Å². The van der Waals surface area contributed by atoms with Crippen molar-refractivity contribution in [1.29, 1.82) is 0 Å². The summed E-state index contributed by atoms with van der Waals surface area (Å²) in [5, 5.41) is 9.71. The monoisotopic (exact) mass is 339 g/mol. The van der Waals surface area contributed by atoms with Crippen LogP contribution < -0.4 is 0 Å². The van der Waals surface area contributed by atoms with Gasteiger partial charge in [-0.1, -0.05) is 54.1 Å². The summed E-state index contributed by atoms with van der Waals surface area (Å²) in [6.45, 7) is 1.97. The number of aromatic nitrogens is 1. The second kappa shape index (κ2) is 6.93. The average Bonchev–Trinajstić information content (AvgIpc) is 3.00. The van der Waals surface area contributed by atoms with Crippen molar-refractivity contribution < 1.29 is 9.90 Å². The Morgan fingerprint density at radius 1 is 1.04 bits per heavy atom. The first-order valence-corrected chi connectivity index (χ1v) is 8.19. The Bertz CT molecular complexity index is 869. The van der Waals surface area contributed by atoms with Gasteiger partial charge in [-0.3, -0.25) is 4.79 Å². The second-order valence-electron chi connectivity index (χ2n) is 5.71. The van der Waals surface area contributed by atoms with Crippen LogP contribution in [0.5, 0.6) is 0 Å². The fraction of sp³-hybridized carbons (Fsp3) is 0.150. The molecule has 0 aliphatic heterocycles. The van der Waals surface area contributed by atoms with Gasteiger partial charge in [0.05, 0.1) is 22.8 Å². The van der Waals surface area contributed by atoms with E-state index < -0.39 is 5.97 Å². The van der Waals surface area contributed by atoms with E-state index in [-0.39, 0.29) is 6.42 Å². The molecule has 0 fully saturated rings.